The van der Waals surface area contributed by atoms with Gasteiger partial charge in [0.2, 0.25) is 0 Å². The molecule has 0 heterocycles. The second-order valence-electron chi connectivity index (χ2n) is 7.20. The highest BCUT2D eigenvalue weighted by atomic mass is 17.2. The molecule has 1 rings (SSSR count). The van der Waals surface area contributed by atoms with Crippen LogP contribution < -0.4 is 0 Å². The second-order valence-corrected chi connectivity index (χ2v) is 7.20. The molecule has 0 aromatic rings. The lowest BCUT2D eigenvalue weighted by molar-refractivity contribution is -0.393. The van der Waals surface area contributed by atoms with Gasteiger partial charge < -0.3 is 5.11 Å². The molecule has 4 heteroatoms. The summed E-state index contributed by atoms with van der Waals surface area (Å²) >= 11 is 0. The first-order valence-corrected chi connectivity index (χ1v) is 7.22. The molecule has 1 aliphatic rings. The SMILES string of the molecule is CC(C)(C)C(OOC(C)(C)C1CCCCC1)C(=O)O. The molecule has 0 radical (unpaired) electrons. The Hall–Kier alpha value is -0.610. The fourth-order valence-corrected chi connectivity index (χ4v) is 2.59. The summed E-state index contributed by atoms with van der Waals surface area (Å²) < 4.78 is 0. The van der Waals surface area contributed by atoms with Gasteiger partial charge in [-0.2, -0.15) is 0 Å². The number of rotatable bonds is 5. The molecular weight excluding hydrogens is 244 g/mol. The average Bonchev–Trinajstić information content (AvgIpc) is 2.27. The molecule has 1 N–H and O–H groups in total. The summed E-state index contributed by atoms with van der Waals surface area (Å²) in [4.78, 5) is 22.1. The van der Waals surface area contributed by atoms with Crippen molar-refractivity contribution in [2.24, 2.45) is 11.3 Å². The third-order valence-electron chi connectivity index (χ3n) is 3.96. The Balaban J connectivity index is 2.59. The maximum absolute atomic E-state index is 11.2. The summed E-state index contributed by atoms with van der Waals surface area (Å²) in [5, 5.41) is 9.21. The lowest BCUT2D eigenvalue weighted by Crippen LogP contribution is -2.42. The van der Waals surface area contributed by atoms with Crippen LogP contribution in [0.5, 0.6) is 0 Å². The molecular formula is C15H28O4. The Morgan fingerprint density at radius 3 is 2.05 bits per heavy atom. The molecule has 1 fully saturated rings. The highest BCUT2D eigenvalue weighted by Gasteiger charge is 2.38. The number of hydrogen-bond donors (Lipinski definition) is 1. The molecule has 0 bridgehead atoms. The fourth-order valence-electron chi connectivity index (χ4n) is 2.59. The molecule has 1 aliphatic carbocycles. The Bertz CT molecular complexity index is 298. The average molecular weight is 272 g/mol. The molecule has 4 nitrogen and oxygen atoms in total. The van der Waals surface area contributed by atoms with Crippen LogP contribution in [0.1, 0.15) is 66.7 Å². The quantitative estimate of drug-likeness (QED) is 0.611. The highest BCUT2D eigenvalue weighted by molar-refractivity contribution is 5.73. The standard InChI is InChI=1S/C15H28O4/c1-14(2,3)12(13(16)17)18-19-15(4,5)11-9-7-6-8-10-11/h11-12H,6-10H2,1-5H3,(H,16,17). The normalized spacial score (nSPS) is 20.3. The van der Waals surface area contributed by atoms with Crippen LogP contribution in [0.15, 0.2) is 0 Å². The topological polar surface area (TPSA) is 55.8 Å². The van der Waals surface area contributed by atoms with Crippen molar-refractivity contribution in [3.05, 3.63) is 0 Å². The third-order valence-corrected chi connectivity index (χ3v) is 3.96. The van der Waals surface area contributed by atoms with Gasteiger partial charge in [-0.3, -0.25) is 0 Å². The first kappa shape index (κ1) is 16.4. The second kappa shape index (κ2) is 6.23. The molecule has 0 aromatic heterocycles. The van der Waals surface area contributed by atoms with E-state index >= 15 is 0 Å². The van der Waals surface area contributed by atoms with Crippen molar-refractivity contribution in [3.8, 4) is 0 Å². The van der Waals surface area contributed by atoms with E-state index in [9.17, 15) is 9.90 Å². The van der Waals surface area contributed by atoms with Crippen molar-refractivity contribution in [2.45, 2.75) is 78.4 Å². The van der Waals surface area contributed by atoms with Crippen LogP contribution in [0.4, 0.5) is 0 Å². The van der Waals surface area contributed by atoms with Crippen LogP contribution in [-0.2, 0) is 14.6 Å². The Morgan fingerprint density at radius 1 is 1.11 bits per heavy atom. The van der Waals surface area contributed by atoms with Crippen molar-refractivity contribution in [3.63, 3.8) is 0 Å². The van der Waals surface area contributed by atoms with E-state index in [0.29, 0.717) is 5.92 Å². The summed E-state index contributed by atoms with van der Waals surface area (Å²) in [5.74, 6) is -0.539. The van der Waals surface area contributed by atoms with E-state index in [2.05, 4.69) is 0 Å². The molecule has 1 unspecified atom stereocenters. The van der Waals surface area contributed by atoms with Crippen LogP contribution in [0.2, 0.25) is 0 Å². The van der Waals surface area contributed by atoms with Gasteiger partial charge in [-0.25, -0.2) is 14.6 Å². The molecule has 0 aliphatic heterocycles. The fraction of sp³-hybridized carbons (Fsp3) is 0.933. The van der Waals surface area contributed by atoms with E-state index in [4.69, 9.17) is 9.78 Å². The van der Waals surface area contributed by atoms with E-state index in [0.717, 1.165) is 12.8 Å². The Morgan fingerprint density at radius 2 is 1.63 bits per heavy atom. The van der Waals surface area contributed by atoms with Gasteiger partial charge in [0.05, 0.1) is 0 Å². The number of hydrogen-bond acceptors (Lipinski definition) is 3. The smallest absolute Gasteiger partial charge is 0.336 e. The number of carboxylic acid groups (broad SMARTS) is 1. The lowest BCUT2D eigenvalue weighted by Gasteiger charge is -2.37. The molecule has 1 saturated carbocycles. The minimum Gasteiger partial charge on any atom is -0.479 e. The van der Waals surface area contributed by atoms with Crippen LogP contribution in [0.25, 0.3) is 0 Å². The van der Waals surface area contributed by atoms with Crippen LogP contribution in [0.3, 0.4) is 0 Å². The van der Waals surface area contributed by atoms with Crippen LogP contribution >= 0.6 is 0 Å². The minimum atomic E-state index is -0.980. The zero-order valence-corrected chi connectivity index (χ0v) is 12.9. The first-order valence-electron chi connectivity index (χ1n) is 7.22. The van der Waals surface area contributed by atoms with E-state index < -0.39 is 23.1 Å². The third kappa shape index (κ3) is 4.77. The van der Waals surface area contributed by atoms with Crippen molar-refractivity contribution >= 4 is 5.97 Å². The van der Waals surface area contributed by atoms with Gasteiger partial charge >= 0.3 is 5.97 Å². The molecule has 0 spiro atoms. The van der Waals surface area contributed by atoms with Gasteiger partial charge in [0.15, 0.2) is 6.10 Å². The van der Waals surface area contributed by atoms with Gasteiger partial charge in [0, 0.05) is 5.41 Å². The van der Waals surface area contributed by atoms with E-state index in [1.165, 1.54) is 19.3 Å². The first-order chi connectivity index (χ1) is 8.64. The monoisotopic (exact) mass is 272 g/mol. The highest BCUT2D eigenvalue weighted by Crippen LogP contribution is 2.36. The minimum absolute atomic E-state index is 0.431. The predicted molar refractivity (Wildman–Crippen MR) is 73.7 cm³/mol. The van der Waals surface area contributed by atoms with Crippen LogP contribution in [0, 0.1) is 11.3 Å². The Kier molecular flexibility index (Phi) is 5.39. The van der Waals surface area contributed by atoms with Crippen molar-refractivity contribution < 1.29 is 19.7 Å². The van der Waals surface area contributed by atoms with Gasteiger partial charge in [0.25, 0.3) is 0 Å². The van der Waals surface area contributed by atoms with Crippen molar-refractivity contribution in [2.75, 3.05) is 0 Å². The lowest BCUT2D eigenvalue weighted by atomic mass is 9.79. The Labute approximate surface area is 116 Å². The number of carbonyl (C=O) groups is 1. The van der Waals surface area contributed by atoms with Gasteiger partial charge in [-0.15, -0.1) is 0 Å². The molecule has 1 atom stereocenters. The summed E-state index contributed by atoms with van der Waals surface area (Å²) in [6.07, 6.45) is 5.04. The molecule has 112 valence electrons. The molecule has 0 saturated heterocycles. The van der Waals surface area contributed by atoms with E-state index in [1.807, 2.05) is 34.6 Å². The summed E-state index contributed by atoms with van der Waals surface area (Å²) in [6, 6.07) is 0. The van der Waals surface area contributed by atoms with E-state index in [-0.39, 0.29) is 0 Å². The zero-order chi connectivity index (χ0) is 14.7. The van der Waals surface area contributed by atoms with Gasteiger partial charge in [0.1, 0.15) is 5.60 Å². The van der Waals surface area contributed by atoms with Gasteiger partial charge in [-0.1, -0.05) is 40.0 Å². The molecule has 0 amide bonds. The summed E-state index contributed by atoms with van der Waals surface area (Å²) in [5.41, 5.74) is -0.923. The molecule has 0 aromatic carbocycles. The number of aliphatic carboxylic acids is 1. The zero-order valence-electron chi connectivity index (χ0n) is 12.9. The number of carboxylic acids is 1. The maximum atomic E-state index is 11.2. The summed E-state index contributed by atoms with van der Waals surface area (Å²) in [6.45, 7) is 9.49. The molecule has 19 heavy (non-hydrogen) atoms. The maximum Gasteiger partial charge on any atom is 0.336 e. The van der Waals surface area contributed by atoms with Crippen LogP contribution in [-0.4, -0.2) is 22.8 Å². The largest absolute Gasteiger partial charge is 0.479 e. The van der Waals surface area contributed by atoms with E-state index in [1.54, 1.807) is 0 Å². The van der Waals surface area contributed by atoms with Crippen molar-refractivity contribution in [1.29, 1.82) is 0 Å². The summed E-state index contributed by atoms with van der Waals surface area (Å²) in [7, 11) is 0. The van der Waals surface area contributed by atoms with Crippen molar-refractivity contribution in [1.82, 2.24) is 0 Å². The predicted octanol–water partition coefficient (Wildman–Crippen LogP) is 3.79. The van der Waals surface area contributed by atoms with Gasteiger partial charge in [-0.05, 0) is 32.6 Å².